The molecule has 1 heterocycles. The Morgan fingerprint density at radius 2 is 1.96 bits per heavy atom. The lowest BCUT2D eigenvalue weighted by Crippen LogP contribution is -2.35. The summed E-state index contributed by atoms with van der Waals surface area (Å²) < 4.78 is 2.07. The number of para-hydroxylation sites is 1. The van der Waals surface area contributed by atoms with Gasteiger partial charge in [-0.05, 0) is 48.8 Å². The van der Waals surface area contributed by atoms with Crippen LogP contribution in [0.25, 0.3) is 0 Å². The van der Waals surface area contributed by atoms with Crippen molar-refractivity contribution in [3.8, 4) is 0 Å². The van der Waals surface area contributed by atoms with E-state index in [-0.39, 0.29) is 0 Å². The molecule has 0 fully saturated rings. The first-order valence-electron chi connectivity index (χ1n) is 8.94. The number of nitrogens with zero attached hydrogens (tertiary/aromatic N) is 3. The summed E-state index contributed by atoms with van der Waals surface area (Å²) in [5.74, 6) is 0. The van der Waals surface area contributed by atoms with Gasteiger partial charge in [-0.1, -0.05) is 48.0 Å². The molecule has 0 spiro atoms. The SMILES string of the molecule is Cc1ccccc1NC(=S)N(CCCn1ccnc1)Cc1ccccc1Cl. The van der Waals surface area contributed by atoms with Crippen LogP contribution in [0.3, 0.4) is 0 Å². The predicted octanol–water partition coefficient (Wildman–Crippen LogP) is 5.13. The molecular weight excluding hydrogens is 376 g/mol. The van der Waals surface area contributed by atoms with Gasteiger partial charge in [0, 0.05) is 42.7 Å². The van der Waals surface area contributed by atoms with Crippen LogP contribution < -0.4 is 5.32 Å². The Labute approximate surface area is 170 Å². The topological polar surface area (TPSA) is 33.1 Å². The summed E-state index contributed by atoms with van der Waals surface area (Å²) in [6.07, 6.45) is 6.56. The highest BCUT2D eigenvalue weighted by Crippen LogP contribution is 2.19. The molecule has 3 rings (SSSR count). The summed E-state index contributed by atoms with van der Waals surface area (Å²) in [7, 11) is 0. The predicted molar refractivity (Wildman–Crippen MR) is 116 cm³/mol. The van der Waals surface area contributed by atoms with E-state index in [0.29, 0.717) is 11.7 Å². The standard InChI is InChI=1S/C21H23ClN4S/c1-17-7-2-5-10-20(17)24-21(27)26(13-6-12-25-14-11-23-16-25)15-18-8-3-4-9-19(18)22/h2-5,7-11,14,16H,6,12-13,15H2,1H3,(H,24,27). The van der Waals surface area contributed by atoms with E-state index in [9.17, 15) is 0 Å². The molecule has 0 radical (unpaired) electrons. The van der Waals surface area contributed by atoms with Gasteiger partial charge in [-0.15, -0.1) is 0 Å². The lowest BCUT2D eigenvalue weighted by atomic mass is 10.2. The van der Waals surface area contributed by atoms with E-state index in [1.165, 1.54) is 0 Å². The zero-order valence-corrected chi connectivity index (χ0v) is 16.9. The monoisotopic (exact) mass is 398 g/mol. The van der Waals surface area contributed by atoms with Crippen LogP contribution >= 0.6 is 23.8 Å². The van der Waals surface area contributed by atoms with Gasteiger partial charge in [0.25, 0.3) is 0 Å². The number of benzene rings is 2. The molecule has 2 aromatic carbocycles. The van der Waals surface area contributed by atoms with Crippen molar-refractivity contribution >= 4 is 34.6 Å². The minimum absolute atomic E-state index is 0.668. The van der Waals surface area contributed by atoms with Crippen LogP contribution in [0, 0.1) is 6.92 Å². The highest BCUT2D eigenvalue weighted by molar-refractivity contribution is 7.80. The molecule has 0 amide bonds. The van der Waals surface area contributed by atoms with E-state index in [2.05, 4.69) is 32.8 Å². The Kier molecular flexibility index (Phi) is 6.85. The van der Waals surface area contributed by atoms with Gasteiger partial charge in [0.05, 0.1) is 6.33 Å². The Hall–Kier alpha value is -2.37. The second kappa shape index (κ2) is 9.53. The lowest BCUT2D eigenvalue weighted by Gasteiger charge is -2.27. The molecule has 0 aliphatic carbocycles. The maximum Gasteiger partial charge on any atom is 0.173 e. The second-order valence-corrected chi connectivity index (χ2v) is 7.21. The molecule has 0 aliphatic rings. The van der Waals surface area contributed by atoms with Gasteiger partial charge in [-0.2, -0.15) is 0 Å². The highest BCUT2D eigenvalue weighted by Gasteiger charge is 2.13. The van der Waals surface area contributed by atoms with Crippen molar-refractivity contribution in [2.75, 3.05) is 11.9 Å². The fourth-order valence-electron chi connectivity index (χ4n) is 2.86. The third kappa shape index (κ3) is 5.55. The van der Waals surface area contributed by atoms with Crippen LogP contribution in [0.5, 0.6) is 0 Å². The van der Waals surface area contributed by atoms with Crippen molar-refractivity contribution < 1.29 is 0 Å². The molecule has 4 nitrogen and oxygen atoms in total. The second-order valence-electron chi connectivity index (χ2n) is 6.41. The molecule has 0 saturated carbocycles. The van der Waals surface area contributed by atoms with E-state index in [4.69, 9.17) is 23.8 Å². The molecule has 6 heteroatoms. The number of thiocarbonyl (C=S) groups is 1. The van der Waals surface area contributed by atoms with Gasteiger partial charge < -0.3 is 14.8 Å². The van der Waals surface area contributed by atoms with Gasteiger partial charge in [-0.25, -0.2) is 4.98 Å². The van der Waals surface area contributed by atoms with Crippen LogP contribution in [-0.2, 0) is 13.1 Å². The molecule has 0 bridgehead atoms. The normalized spacial score (nSPS) is 10.6. The maximum atomic E-state index is 6.37. The number of nitrogens with one attached hydrogen (secondary N) is 1. The van der Waals surface area contributed by atoms with Gasteiger partial charge in [0.1, 0.15) is 0 Å². The molecular formula is C21H23ClN4S. The van der Waals surface area contributed by atoms with Gasteiger partial charge in [0.15, 0.2) is 5.11 Å². The van der Waals surface area contributed by atoms with Crippen molar-refractivity contribution in [3.05, 3.63) is 83.4 Å². The molecule has 3 aromatic rings. The summed E-state index contributed by atoms with van der Waals surface area (Å²) >= 11 is 12.1. The largest absolute Gasteiger partial charge is 0.345 e. The average molecular weight is 399 g/mol. The van der Waals surface area contributed by atoms with E-state index in [1.54, 1.807) is 6.20 Å². The number of aromatic nitrogens is 2. The molecule has 0 unspecified atom stereocenters. The smallest absolute Gasteiger partial charge is 0.173 e. The Bertz CT molecular complexity index is 879. The highest BCUT2D eigenvalue weighted by atomic mass is 35.5. The third-order valence-electron chi connectivity index (χ3n) is 4.40. The number of rotatable bonds is 7. The van der Waals surface area contributed by atoms with Crippen molar-refractivity contribution in [1.82, 2.24) is 14.5 Å². The van der Waals surface area contributed by atoms with Gasteiger partial charge in [0.2, 0.25) is 0 Å². The van der Waals surface area contributed by atoms with Crippen LogP contribution in [0.2, 0.25) is 5.02 Å². The fraction of sp³-hybridized carbons (Fsp3) is 0.238. The Morgan fingerprint density at radius 1 is 1.19 bits per heavy atom. The minimum atomic E-state index is 0.668. The summed E-state index contributed by atoms with van der Waals surface area (Å²) in [4.78, 5) is 6.26. The third-order valence-corrected chi connectivity index (χ3v) is 5.13. The number of hydrogen-bond donors (Lipinski definition) is 1. The maximum absolute atomic E-state index is 6.37. The molecule has 27 heavy (non-hydrogen) atoms. The molecule has 0 saturated heterocycles. The van der Waals surface area contributed by atoms with Crippen molar-refractivity contribution in [3.63, 3.8) is 0 Å². The van der Waals surface area contributed by atoms with Crippen LogP contribution in [-0.4, -0.2) is 26.1 Å². The Morgan fingerprint density at radius 3 is 2.70 bits per heavy atom. The molecule has 0 aliphatic heterocycles. The molecule has 0 atom stereocenters. The zero-order valence-electron chi connectivity index (χ0n) is 15.3. The summed E-state index contributed by atoms with van der Waals surface area (Å²) in [6.45, 7) is 4.46. The number of aryl methyl sites for hydroxylation is 2. The summed E-state index contributed by atoms with van der Waals surface area (Å²) in [5, 5.41) is 4.85. The molecule has 140 valence electrons. The van der Waals surface area contributed by atoms with E-state index >= 15 is 0 Å². The zero-order chi connectivity index (χ0) is 19.1. The van der Waals surface area contributed by atoms with Crippen molar-refractivity contribution in [1.29, 1.82) is 0 Å². The Balaban J connectivity index is 1.70. The van der Waals surface area contributed by atoms with Crippen molar-refractivity contribution in [2.45, 2.75) is 26.4 Å². The first-order valence-corrected chi connectivity index (χ1v) is 9.73. The van der Waals surface area contributed by atoms with E-state index < -0.39 is 0 Å². The first-order chi connectivity index (χ1) is 13.1. The van der Waals surface area contributed by atoms with Crippen LogP contribution in [0.1, 0.15) is 17.5 Å². The van der Waals surface area contributed by atoms with Gasteiger partial charge >= 0.3 is 0 Å². The quantitative estimate of drug-likeness (QED) is 0.559. The van der Waals surface area contributed by atoms with Gasteiger partial charge in [-0.3, -0.25) is 0 Å². The van der Waals surface area contributed by atoms with Crippen LogP contribution in [0.4, 0.5) is 5.69 Å². The summed E-state index contributed by atoms with van der Waals surface area (Å²) in [6, 6.07) is 16.1. The molecule has 1 N–H and O–H groups in total. The molecule has 1 aromatic heterocycles. The average Bonchev–Trinajstić information content (AvgIpc) is 3.18. The van der Waals surface area contributed by atoms with E-state index in [1.807, 2.05) is 55.0 Å². The van der Waals surface area contributed by atoms with Crippen molar-refractivity contribution in [2.24, 2.45) is 0 Å². The summed E-state index contributed by atoms with van der Waals surface area (Å²) in [5.41, 5.74) is 3.26. The number of imidazole rings is 1. The van der Waals surface area contributed by atoms with Crippen LogP contribution in [0.15, 0.2) is 67.3 Å². The fourth-order valence-corrected chi connectivity index (χ4v) is 3.32. The lowest BCUT2D eigenvalue weighted by molar-refractivity contribution is 0.396. The first kappa shape index (κ1) is 19.4. The number of anilines is 1. The van der Waals surface area contributed by atoms with E-state index in [0.717, 1.165) is 41.3 Å². The number of hydrogen-bond acceptors (Lipinski definition) is 2. The number of halogens is 1. The minimum Gasteiger partial charge on any atom is -0.345 e.